The molecule has 0 aliphatic heterocycles. The number of ether oxygens (including phenoxy) is 2. The van der Waals surface area contributed by atoms with Crippen LogP contribution in [-0.4, -0.2) is 37.8 Å². The number of nitrogens with two attached hydrogens (primary N) is 1. The van der Waals surface area contributed by atoms with E-state index in [1.54, 1.807) is 0 Å². The third-order valence-electron chi connectivity index (χ3n) is 7.87. The number of rotatable bonds is 9. The highest BCUT2D eigenvalue weighted by Gasteiger charge is 2.53. The van der Waals surface area contributed by atoms with Crippen LogP contribution in [0.25, 0.3) is 0 Å². The van der Waals surface area contributed by atoms with Crippen molar-refractivity contribution >= 4 is 5.91 Å². The molecule has 1 amide bonds. The quantitative estimate of drug-likeness (QED) is 0.617. The minimum Gasteiger partial charge on any atom is -0.489 e. The lowest BCUT2D eigenvalue weighted by Gasteiger charge is -2.53. The summed E-state index contributed by atoms with van der Waals surface area (Å²) in [4.78, 5) is 13.1. The predicted octanol–water partition coefficient (Wildman–Crippen LogP) is 4.15. The molecular formula is C25H35FN2O3. The van der Waals surface area contributed by atoms with Gasteiger partial charge < -0.3 is 20.5 Å². The molecule has 0 aromatic heterocycles. The number of hydrogen-bond donors (Lipinski definition) is 2. The topological polar surface area (TPSA) is 73.6 Å². The maximum absolute atomic E-state index is 13.1. The first-order valence-electron chi connectivity index (χ1n) is 11.7. The molecule has 1 aromatic carbocycles. The van der Waals surface area contributed by atoms with Crippen molar-refractivity contribution in [1.82, 2.24) is 5.32 Å². The molecule has 4 saturated carbocycles. The third-order valence-corrected chi connectivity index (χ3v) is 7.87. The zero-order valence-electron chi connectivity index (χ0n) is 18.5. The van der Waals surface area contributed by atoms with E-state index in [1.807, 2.05) is 19.1 Å². The highest BCUT2D eigenvalue weighted by molar-refractivity contribution is 5.83. The van der Waals surface area contributed by atoms with Gasteiger partial charge in [0.25, 0.3) is 0 Å². The predicted molar refractivity (Wildman–Crippen MR) is 119 cm³/mol. The number of carbonyl (C=O) groups excluding carboxylic acids is 1. The SMILES string of the molecule is CCO[C@H]1C[C@H](NC(=O)C23CCC(c4ccc(OC/C(=C/F)CN)cc4)(CC2)CC3)C1. The fourth-order valence-electron chi connectivity index (χ4n) is 5.57. The maximum Gasteiger partial charge on any atom is 0.226 e. The van der Waals surface area contributed by atoms with Gasteiger partial charge in [-0.25, -0.2) is 4.39 Å². The number of benzene rings is 1. The Morgan fingerprint density at radius 2 is 1.81 bits per heavy atom. The van der Waals surface area contributed by atoms with Crippen LogP contribution < -0.4 is 15.8 Å². The summed E-state index contributed by atoms with van der Waals surface area (Å²) < 4.78 is 23.9. The van der Waals surface area contributed by atoms with Crippen molar-refractivity contribution in [3.8, 4) is 5.75 Å². The summed E-state index contributed by atoms with van der Waals surface area (Å²) in [6, 6.07) is 8.48. The molecule has 170 valence electrons. The fraction of sp³-hybridized carbons (Fsp3) is 0.640. The molecule has 0 spiro atoms. The zero-order chi connectivity index (χ0) is 21.9. The van der Waals surface area contributed by atoms with E-state index in [1.165, 1.54) is 5.56 Å². The van der Waals surface area contributed by atoms with Crippen LogP contribution in [0.3, 0.4) is 0 Å². The minimum atomic E-state index is -0.182. The first-order chi connectivity index (χ1) is 15.0. The van der Waals surface area contributed by atoms with E-state index in [0.29, 0.717) is 18.0 Å². The second-order valence-electron chi connectivity index (χ2n) is 9.56. The van der Waals surface area contributed by atoms with Gasteiger partial charge in [0.15, 0.2) is 0 Å². The lowest BCUT2D eigenvalue weighted by Crippen LogP contribution is -2.56. The molecule has 2 bridgehead atoms. The van der Waals surface area contributed by atoms with Gasteiger partial charge in [0.05, 0.1) is 12.4 Å². The molecule has 6 heteroatoms. The number of carbonyl (C=O) groups is 1. The van der Waals surface area contributed by atoms with Crippen LogP contribution in [0.15, 0.2) is 36.2 Å². The standard InChI is InChI=1S/C25H35FN2O3/c1-2-30-22-13-20(14-22)28-23(29)25-10-7-24(8-11-25,9-12-25)19-3-5-21(6-4-19)31-17-18(15-26)16-27/h3-6,15,20,22H,2,7-14,16-17,27H2,1H3,(H,28,29)/b18-15+/t20-,22-,24?,25?. The fourth-order valence-corrected chi connectivity index (χ4v) is 5.57. The van der Waals surface area contributed by atoms with Gasteiger partial charge in [-0.05, 0) is 81.4 Å². The number of hydrogen-bond acceptors (Lipinski definition) is 4. The molecule has 0 saturated heterocycles. The lowest BCUT2D eigenvalue weighted by atomic mass is 9.51. The highest BCUT2D eigenvalue weighted by Crippen LogP contribution is 2.58. The van der Waals surface area contributed by atoms with E-state index in [2.05, 4.69) is 17.4 Å². The van der Waals surface area contributed by atoms with Crippen molar-refractivity contribution in [1.29, 1.82) is 0 Å². The smallest absolute Gasteiger partial charge is 0.226 e. The molecule has 5 rings (SSSR count). The Labute approximate surface area is 184 Å². The van der Waals surface area contributed by atoms with E-state index in [0.717, 1.165) is 63.7 Å². The molecular weight excluding hydrogens is 395 g/mol. The number of nitrogens with one attached hydrogen (secondary N) is 1. The van der Waals surface area contributed by atoms with E-state index in [-0.39, 0.29) is 35.9 Å². The summed E-state index contributed by atoms with van der Waals surface area (Å²) in [6.07, 6.45) is 8.75. The Hall–Kier alpha value is -1.92. The summed E-state index contributed by atoms with van der Waals surface area (Å²) in [6.45, 7) is 3.08. The Balaban J connectivity index is 1.32. The van der Waals surface area contributed by atoms with Crippen molar-refractivity contribution in [2.24, 2.45) is 11.1 Å². The first-order valence-corrected chi connectivity index (χ1v) is 11.7. The molecule has 31 heavy (non-hydrogen) atoms. The van der Waals surface area contributed by atoms with Gasteiger partial charge >= 0.3 is 0 Å². The number of amides is 1. The number of halogens is 1. The van der Waals surface area contributed by atoms with E-state index >= 15 is 0 Å². The Kier molecular flexibility index (Phi) is 6.68. The molecule has 1 aromatic rings. The molecule has 3 N–H and O–H groups in total. The Morgan fingerprint density at radius 3 is 2.35 bits per heavy atom. The van der Waals surface area contributed by atoms with Gasteiger partial charge in [0.1, 0.15) is 12.4 Å². The van der Waals surface area contributed by atoms with E-state index < -0.39 is 0 Å². The molecule has 4 fully saturated rings. The van der Waals surface area contributed by atoms with Gasteiger partial charge in [-0.15, -0.1) is 0 Å². The van der Waals surface area contributed by atoms with E-state index in [4.69, 9.17) is 15.2 Å². The molecule has 0 radical (unpaired) electrons. The maximum atomic E-state index is 13.1. The second-order valence-corrected chi connectivity index (χ2v) is 9.56. The van der Waals surface area contributed by atoms with Crippen molar-refractivity contribution in [2.45, 2.75) is 75.9 Å². The van der Waals surface area contributed by atoms with Crippen LogP contribution in [0, 0.1) is 5.41 Å². The summed E-state index contributed by atoms with van der Waals surface area (Å²) >= 11 is 0. The van der Waals surface area contributed by atoms with Crippen molar-refractivity contribution in [2.75, 3.05) is 19.8 Å². The summed E-state index contributed by atoms with van der Waals surface area (Å²) in [7, 11) is 0. The average Bonchev–Trinajstić information content (AvgIpc) is 2.80. The van der Waals surface area contributed by atoms with Crippen LogP contribution in [0.5, 0.6) is 5.75 Å². The number of fused-ring (bicyclic) bond motifs is 3. The van der Waals surface area contributed by atoms with Crippen LogP contribution in [-0.2, 0) is 14.9 Å². The average molecular weight is 431 g/mol. The summed E-state index contributed by atoms with van der Waals surface area (Å²) in [5.41, 5.74) is 7.22. The van der Waals surface area contributed by atoms with Crippen LogP contribution >= 0.6 is 0 Å². The van der Waals surface area contributed by atoms with Crippen molar-refractivity contribution in [3.05, 3.63) is 41.7 Å². The Morgan fingerprint density at radius 1 is 1.16 bits per heavy atom. The van der Waals surface area contributed by atoms with Crippen molar-refractivity contribution in [3.63, 3.8) is 0 Å². The van der Waals surface area contributed by atoms with Gasteiger partial charge in [-0.3, -0.25) is 4.79 Å². The van der Waals surface area contributed by atoms with Gasteiger partial charge in [0.2, 0.25) is 5.91 Å². The van der Waals surface area contributed by atoms with Crippen LogP contribution in [0.1, 0.15) is 63.9 Å². The minimum absolute atomic E-state index is 0.154. The lowest BCUT2D eigenvalue weighted by molar-refractivity contribution is -0.140. The molecule has 4 aliphatic rings. The molecule has 0 unspecified atom stereocenters. The molecule has 0 heterocycles. The third kappa shape index (κ3) is 4.51. The Bertz CT molecular complexity index is 777. The van der Waals surface area contributed by atoms with Gasteiger partial charge in [0, 0.05) is 30.2 Å². The summed E-state index contributed by atoms with van der Waals surface area (Å²) in [5.74, 6) is 0.986. The van der Waals surface area contributed by atoms with Crippen LogP contribution in [0.2, 0.25) is 0 Å². The molecule has 5 nitrogen and oxygen atoms in total. The first kappa shape index (κ1) is 22.3. The molecule has 0 atom stereocenters. The van der Waals surface area contributed by atoms with Gasteiger partial charge in [-0.2, -0.15) is 0 Å². The monoisotopic (exact) mass is 430 g/mol. The second kappa shape index (κ2) is 9.29. The normalized spacial score (nSPS) is 32.4. The summed E-state index contributed by atoms with van der Waals surface area (Å²) in [5, 5.41) is 3.31. The molecule has 4 aliphatic carbocycles. The van der Waals surface area contributed by atoms with Gasteiger partial charge in [-0.1, -0.05) is 12.1 Å². The van der Waals surface area contributed by atoms with Crippen LogP contribution in [0.4, 0.5) is 4.39 Å². The largest absolute Gasteiger partial charge is 0.489 e. The zero-order valence-corrected chi connectivity index (χ0v) is 18.5. The van der Waals surface area contributed by atoms with Crippen molar-refractivity contribution < 1.29 is 18.7 Å². The highest BCUT2D eigenvalue weighted by atomic mass is 19.1. The van der Waals surface area contributed by atoms with E-state index in [9.17, 15) is 9.18 Å².